The molecule has 25 heavy (non-hydrogen) atoms. The van der Waals surface area contributed by atoms with E-state index in [0.29, 0.717) is 10.8 Å². The monoisotopic (exact) mass is 390 g/mol. The molecular weight excluding hydrogens is 372 g/mol. The summed E-state index contributed by atoms with van der Waals surface area (Å²) in [6.45, 7) is 4.21. The minimum Gasteiger partial charge on any atom is -0.325 e. The first-order valence-electron chi connectivity index (χ1n) is 8.20. The van der Waals surface area contributed by atoms with Crippen LogP contribution < -0.4 is 5.32 Å². The van der Waals surface area contributed by atoms with E-state index in [1.807, 2.05) is 24.3 Å². The molecule has 0 aliphatic rings. The average Bonchev–Trinajstić information content (AvgIpc) is 3.02. The average molecular weight is 391 g/mol. The van der Waals surface area contributed by atoms with Crippen LogP contribution in [0.25, 0.3) is 10.2 Å². The Morgan fingerprint density at radius 1 is 1.20 bits per heavy atom. The molecule has 0 saturated carbocycles. The summed E-state index contributed by atoms with van der Waals surface area (Å²) < 4.78 is 1.96. The molecule has 0 saturated heterocycles. The summed E-state index contributed by atoms with van der Waals surface area (Å²) in [6, 6.07) is 11.9. The molecule has 0 radical (unpaired) electrons. The maximum atomic E-state index is 12.4. The predicted octanol–water partition coefficient (Wildman–Crippen LogP) is 5.81. The molecule has 3 rings (SSSR count). The Kier molecular flexibility index (Phi) is 5.99. The van der Waals surface area contributed by atoms with Gasteiger partial charge in [0.05, 0.1) is 16.0 Å². The number of rotatable bonds is 6. The van der Waals surface area contributed by atoms with E-state index >= 15 is 0 Å². The van der Waals surface area contributed by atoms with Gasteiger partial charge in [-0.2, -0.15) is 0 Å². The fourth-order valence-electron chi connectivity index (χ4n) is 2.65. The van der Waals surface area contributed by atoms with E-state index in [2.05, 4.69) is 36.3 Å². The third-order valence-corrected chi connectivity index (χ3v) is 6.33. The summed E-state index contributed by atoms with van der Waals surface area (Å²) in [5, 5.41) is 3.77. The lowest BCUT2D eigenvalue weighted by atomic mass is 10.0. The van der Waals surface area contributed by atoms with E-state index in [1.54, 1.807) is 11.3 Å². The van der Waals surface area contributed by atoms with Crippen molar-refractivity contribution in [3.05, 3.63) is 52.5 Å². The second-order valence-electron chi connectivity index (χ2n) is 5.59. The van der Waals surface area contributed by atoms with Crippen molar-refractivity contribution in [3.8, 4) is 0 Å². The number of hydrogen-bond donors (Lipinski definition) is 1. The lowest BCUT2D eigenvalue weighted by Crippen LogP contribution is -2.16. The molecular formula is C19H19ClN2OS2. The number of nitrogens with zero attached hydrogens (tertiary/aromatic N) is 1. The summed E-state index contributed by atoms with van der Waals surface area (Å²) >= 11 is 9.04. The van der Waals surface area contributed by atoms with Crippen molar-refractivity contribution in [1.29, 1.82) is 0 Å². The van der Waals surface area contributed by atoms with Gasteiger partial charge in [0.15, 0.2) is 4.34 Å². The van der Waals surface area contributed by atoms with Crippen molar-refractivity contribution in [1.82, 2.24) is 4.98 Å². The zero-order valence-corrected chi connectivity index (χ0v) is 16.5. The van der Waals surface area contributed by atoms with Crippen LogP contribution in [-0.4, -0.2) is 16.6 Å². The normalized spacial score (nSPS) is 11.0. The molecule has 0 spiro atoms. The minimum atomic E-state index is -0.00196. The number of carbonyl (C=O) groups excluding carboxylic acids is 1. The Morgan fingerprint density at radius 2 is 1.92 bits per heavy atom. The van der Waals surface area contributed by atoms with Crippen molar-refractivity contribution < 1.29 is 4.79 Å². The number of nitrogens with one attached hydrogen (secondary N) is 1. The molecule has 0 atom stereocenters. The van der Waals surface area contributed by atoms with Gasteiger partial charge in [-0.3, -0.25) is 4.79 Å². The summed E-state index contributed by atoms with van der Waals surface area (Å²) in [5.41, 5.74) is 4.19. The van der Waals surface area contributed by atoms with Crippen LogP contribution in [0, 0.1) is 0 Å². The molecule has 1 amide bonds. The quantitative estimate of drug-likeness (QED) is 0.540. The van der Waals surface area contributed by atoms with Gasteiger partial charge in [0.1, 0.15) is 0 Å². The Labute approximate surface area is 160 Å². The molecule has 0 fully saturated rings. The van der Waals surface area contributed by atoms with Crippen LogP contribution >= 0.6 is 34.7 Å². The van der Waals surface area contributed by atoms with E-state index in [4.69, 9.17) is 11.6 Å². The third kappa shape index (κ3) is 4.35. The lowest BCUT2D eigenvalue weighted by molar-refractivity contribution is -0.113. The smallest absolute Gasteiger partial charge is 0.234 e. The van der Waals surface area contributed by atoms with Crippen LogP contribution in [0.1, 0.15) is 25.0 Å². The number of halogens is 1. The third-order valence-electron chi connectivity index (χ3n) is 3.92. The first kappa shape index (κ1) is 18.2. The van der Waals surface area contributed by atoms with Crippen molar-refractivity contribution in [3.63, 3.8) is 0 Å². The Morgan fingerprint density at radius 3 is 2.60 bits per heavy atom. The molecule has 0 aliphatic carbocycles. The second kappa shape index (κ2) is 8.21. The highest BCUT2D eigenvalue weighted by atomic mass is 35.5. The van der Waals surface area contributed by atoms with Crippen LogP contribution in [-0.2, 0) is 17.6 Å². The molecule has 130 valence electrons. The molecule has 3 nitrogen and oxygen atoms in total. The largest absolute Gasteiger partial charge is 0.325 e. The van der Waals surface area contributed by atoms with Crippen LogP contribution in [0.3, 0.4) is 0 Å². The van der Waals surface area contributed by atoms with Gasteiger partial charge in [0, 0.05) is 10.7 Å². The van der Waals surface area contributed by atoms with E-state index in [9.17, 15) is 4.79 Å². The number of amides is 1. The van der Waals surface area contributed by atoms with Crippen molar-refractivity contribution in [2.45, 2.75) is 31.0 Å². The standard InChI is InChI=1S/C19H19ClN2OS2/c1-3-12-6-5-7-13(4-2)18(12)22-17(23)11-24-19-21-15-10-14(20)8-9-16(15)25-19/h5-10H,3-4,11H2,1-2H3,(H,22,23). The number of thioether (sulfide) groups is 1. The van der Waals surface area contributed by atoms with Gasteiger partial charge in [0.25, 0.3) is 0 Å². The molecule has 0 unspecified atom stereocenters. The number of hydrogen-bond acceptors (Lipinski definition) is 4. The second-order valence-corrected chi connectivity index (χ2v) is 8.28. The maximum Gasteiger partial charge on any atom is 0.234 e. The van der Waals surface area contributed by atoms with E-state index < -0.39 is 0 Å². The van der Waals surface area contributed by atoms with Gasteiger partial charge in [-0.1, -0.05) is 55.4 Å². The van der Waals surface area contributed by atoms with Crippen LogP contribution in [0.4, 0.5) is 5.69 Å². The molecule has 1 heterocycles. The van der Waals surface area contributed by atoms with Gasteiger partial charge in [-0.05, 0) is 42.2 Å². The fraction of sp³-hybridized carbons (Fsp3) is 0.263. The van der Waals surface area contributed by atoms with Gasteiger partial charge in [0.2, 0.25) is 5.91 Å². The first-order valence-corrected chi connectivity index (χ1v) is 10.4. The number of anilines is 1. The van der Waals surface area contributed by atoms with Gasteiger partial charge in [-0.15, -0.1) is 11.3 Å². The Hall–Kier alpha value is -1.56. The predicted molar refractivity (Wildman–Crippen MR) is 109 cm³/mol. The topological polar surface area (TPSA) is 42.0 Å². The van der Waals surface area contributed by atoms with Gasteiger partial charge < -0.3 is 5.32 Å². The number of aromatic nitrogens is 1. The number of para-hydroxylation sites is 1. The van der Waals surface area contributed by atoms with E-state index in [-0.39, 0.29) is 5.91 Å². The zero-order valence-electron chi connectivity index (χ0n) is 14.1. The highest BCUT2D eigenvalue weighted by Crippen LogP contribution is 2.31. The number of benzene rings is 2. The maximum absolute atomic E-state index is 12.4. The lowest BCUT2D eigenvalue weighted by Gasteiger charge is -2.14. The van der Waals surface area contributed by atoms with Gasteiger partial charge in [-0.25, -0.2) is 4.98 Å². The SMILES string of the molecule is CCc1cccc(CC)c1NC(=O)CSc1nc2cc(Cl)ccc2s1. The minimum absolute atomic E-state index is 0.00196. The summed E-state index contributed by atoms with van der Waals surface area (Å²) in [7, 11) is 0. The molecule has 0 bridgehead atoms. The Bertz CT molecular complexity index is 885. The van der Waals surface area contributed by atoms with E-state index in [1.165, 1.54) is 22.9 Å². The van der Waals surface area contributed by atoms with Crippen LogP contribution in [0.15, 0.2) is 40.7 Å². The number of aryl methyl sites for hydroxylation is 2. The van der Waals surface area contributed by atoms with Crippen LogP contribution in [0.5, 0.6) is 0 Å². The highest BCUT2D eigenvalue weighted by molar-refractivity contribution is 8.01. The number of carbonyl (C=O) groups is 1. The van der Waals surface area contributed by atoms with Gasteiger partial charge >= 0.3 is 0 Å². The summed E-state index contributed by atoms with van der Waals surface area (Å²) in [4.78, 5) is 17.0. The number of fused-ring (bicyclic) bond motifs is 1. The van der Waals surface area contributed by atoms with Crippen molar-refractivity contribution in [2.24, 2.45) is 0 Å². The fourth-order valence-corrected chi connectivity index (χ4v) is 4.66. The molecule has 3 aromatic rings. The summed E-state index contributed by atoms with van der Waals surface area (Å²) in [6.07, 6.45) is 1.80. The van der Waals surface area contributed by atoms with Crippen molar-refractivity contribution in [2.75, 3.05) is 11.1 Å². The molecule has 1 N–H and O–H groups in total. The number of thiazole rings is 1. The summed E-state index contributed by atoms with van der Waals surface area (Å²) in [5.74, 6) is 0.340. The highest BCUT2D eigenvalue weighted by Gasteiger charge is 2.12. The molecule has 2 aromatic carbocycles. The molecule has 1 aromatic heterocycles. The first-order chi connectivity index (χ1) is 12.1. The molecule has 0 aliphatic heterocycles. The zero-order chi connectivity index (χ0) is 17.8. The Balaban J connectivity index is 1.68. The van der Waals surface area contributed by atoms with E-state index in [0.717, 1.165) is 33.1 Å². The van der Waals surface area contributed by atoms with Crippen molar-refractivity contribution >= 4 is 56.5 Å². The van der Waals surface area contributed by atoms with Crippen LogP contribution in [0.2, 0.25) is 5.02 Å². The molecule has 6 heteroatoms.